The smallest absolute Gasteiger partial charge is 0.310 e. The first kappa shape index (κ1) is 13.9. The molecule has 1 amide bonds. The molecule has 0 spiro atoms. The molecule has 1 aliphatic heterocycles. The predicted molar refractivity (Wildman–Crippen MR) is 67.1 cm³/mol. The summed E-state index contributed by atoms with van der Waals surface area (Å²) >= 11 is 5.79. The van der Waals surface area contributed by atoms with E-state index in [1.54, 1.807) is 6.08 Å². The van der Waals surface area contributed by atoms with Crippen LogP contribution in [0.5, 0.6) is 0 Å². The van der Waals surface area contributed by atoms with Gasteiger partial charge in [-0.15, -0.1) is 6.58 Å². The van der Waals surface area contributed by atoms with Gasteiger partial charge in [-0.25, -0.2) is 0 Å². The van der Waals surface area contributed by atoms with Crippen molar-refractivity contribution in [1.82, 2.24) is 0 Å². The van der Waals surface area contributed by atoms with Crippen molar-refractivity contribution in [2.75, 3.05) is 11.4 Å². The molecule has 1 saturated heterocycles. The maximum Gasteiger partial charge on any atom is 0.417 e. The summed E-state index contributed by atoms with van der Waals surface area (Å²) in [5, 5.41) is -0.437. The van der Waals surface area contributed by atoms with E-state index in [2.05, 4.69) is 6.58 Å². The van der Waals surface area contributed by atoms with Crippen molar-refractivity contribution in [2.24, 2.45) is 5.92 Å². The Bertz CT molecular complexity index is 527. The molecule has 1 atom stereocenters. The quantitative estimate of drug-likeness (QED) is 0.756. The minimum absolute atomic E-state index is 0.0573. The van der Waals surface area contributed by atoms with Gasteiger partial charge in [-0.05, 0) is 12.1 Å². The third-order valence-corrected chi connectivity index (χ3v) is 3.46. The van der Waals surface area contributed by atoms with Gasteiger partial charge in [0.1, 0.15) is 0 Å². The van der Waals surface area contributed by atoms with E-state index in [4.69, 9.17) is 11.6 Å². The van der Waals surface area contributed by atoms with Crippen LogP contribution in [0.15, 0.2) is 30.9 Å². The largest absolute Gasteiger partial charge is 0.417 e. The van der Waals surface area contributed by atoms with Crippen LogP contribution in [-0.4, -0.2) is 12.5 Å². The molecule has 19 heavy (non-hydrogen) atoms. The maximum atomic E-state index is 12.8. The Hall–Kier alpha value is -1.49. The monoisotopic (exact) mass is 289 g/mol. The summed E-state index contributed by atoms with van der Waals surface area (Å²) in [5.74, 6) is -0.302. The lowest BCUT2D eigenvalue weighted by molar-refractivity contribution is -0.137. The van der Waals surface area contributed by atoms with Crippen LogP contribution in [0.25, 0.3) is 0 Å². The second-order valence-electron chi connectivity index (χ2n) is 4.34. The lowest BCUT2D eigenvalue weighted by Gasteiger charge is -2.20. The molecule has 1 fully saturated rings. The van der Waals surface area contributed by atoms with E-state index >= 15 is 0 Å². The summed E-state index contributed by atoms with van der Waals surface area (Å²) in [6, 6.07) is 3.57. The maximum absolute atomic E-state index is 12.8. The Balaban J connectivity index is 2.42. The number of amides is 1. The summed E-state index contributed by atoms with van der Waals surface area (Å²) < 4.78 is 38.3. The number of halogens is 4. The number of alkyl halides is 3. The Kier molecular flexibility index (Phi) is 3.58. The van der Waals surface area contributed by atoms with E-state index in [1.165, 1.54) is 17.0 Å². The van der Waals surface area contributed by atoms with Gasteiger partial charge in [0, 0.05) is 18.9 Å². The van der Waals surface area contributed by atoms with E-state index in [0.29, 0.717) is 6.54 Å². The molecule has 2 nitrogen and oxygen atoms in total. The normalized spacial score (nSPS) is 19.9. The van der Waals surface area contributed by atoms with Gasteiger partial charge in [0.15, 0.2) is 0 Å². The zero-order chi connectivity index (χ0) is 14.2. The number of nitrogens with zero attached hydrogens (tertiary/aromatic N) is 1. The van der Waals surface area contributed by atoms with Crippen LogP contribution in [0, 0.1) is 5.92 Å². The first-order chi connectivity index (χ1) is 8.84. The molecule has 0 bridgehead atoms. The lowest BCUT2D eigenvalue weighted by Crippen LogP contribution is -2.25. The summed E-state index contributed by atoms with van der Waals surface area (Å²) in [7, 11) is 0. The van der Waals surface area contributed by atoms with E-state index in [-0.39, 0.29) is 23.9 Å². The number of benzene rings is 1. The molecule has 0 N–H and O–H groups in total. The third-order valence-electron chi connectivity index (χ3n) is 3.06. The van der Waals surface area contributed by atoms with Crippen LogP contribution >= 0.6 is 11.6 Å². The summed E-state index contributed by atoms with van der Waals surface area (Å²) in [6.45, 7) is 3.90. The van der Waals surface area contributed by atoms with Crippen LogP contribution in [0.3, 0.4) is 0 Å². The molecule has 1 aromatic carbocycles. The van der Waals surface area contributed by atoms with E-state index < -0.39 is 16.8 Å². The van der Waals surface area contributed by atoms with Crippen molar-refractivity contribution in [2.45, 2.75) is 12.6 Å². The molecular formula is C13H11ClF3NO. The molecule has 6 heteroatoms. The van der Waals surface area contributed by atoms with Gasteiger partial charge in [0.2, 0.25) is 5.91 Å². The molecule has 2 rings (SSSR count). The fraction of sp³-hybridized carbons (Fsp3) is 0.308. The highest BCUT2D eigenvalue weighted by atomic mass is 35.5. The second kappa shape index (κ2) is 4.89. The SMILES string of the molecule is C=CC1CC(=O)N(c2cccc(C(F)(F)F)c2Cl)C1. The molecule has 0 saturated carbocycles. The zero-order valence-electron chi connectivity index (χ0n) is 9.88. The van der Waals surface area contributed by atoms with Crippen molar-refractivity contribution < 1.29 is 18.0 Å². The van der Waals surface area contributed by atoms with Crippen molar-refractivity contribution >= 4 is 23.2 Å². The van der Waals surface area contributed by atoms with Crippen LogP contribution in [-0.2, 0) is 11.0 Å². The fourth-order valence-electron chi connectivity index (χ4n) is 2.07. The first-order valence-corrected chi connectivity index (χ1v) is 6.01. The van der Waals surface area contributed by atoms with Gasteiger partial charge < -0.3 is 4.90 Å². The first-order valence-electron chi connectivity index (χ1n) is 5.63. The molecule has 102 valence electrons. The predicted octanol–water partition coefficient (Wildman–Crippen LogP) is 3.90. The Labute approximate surface area is 113 Å². The van der Waals surface area contributed by atoms with Gasteiger partial charge in [-0.1, -0.05) is 23.7 Å². The molecule has 0 aromatic heterocycles. The number of carbonyl (C=O) groups is 1. The Morgan fingerprint density at radius 3 is 2.63 bits per heavy atom. The Morgan fingerprint density at radius 2 is 2.11 bits per heavy atom. The zero-order valence-corrected chi connectivity index (χ0v) is 10.6. The highest BCUT2D eigenvalue weighted by molar-refractivity contribution is 6.34. The highest BCUT2D eigenvalue weighted by Gasteiger charge is 2.36. The molecular weight excluding hydrogens is 279 g/mol. The van der Waals surface area contributed by atoms with Crippen molar-refractivity contribution in [3.05, 3.63) is 41.4 Å². The molecule has 0 aliphatic carbocycles. The summed E-state index contributed by atoms with van der Waals surface area (Å²) in [6.07, 6.45) is -2.66. The van der Waals surface area contributed by atoms with Gasteiger partial charge in [0.25, 0.3) is 0 Å². The van der Waals surface area contributed by atoms with Gasteiger partial charge in [0.05, 0.1) is 16.3 Å². The highest BCUT2D eigenvalue weighted by Crippen LogP contribution is 2.40. The van der Waals surface area contributed by atoms with Gasteiger partial charge >= 0.3 is 6.18 Å². The van der Waals surface area contributed by atoms with Crippen molar-refractivity contribution in [3.63, 3.8) is 0 Å². The van der Waals surface area contributed by atoms with Crippen LogP contribution in [0.4, 0.5) is 18.9 Å². The number of anilines is 1. The molecule has 1 heterocycles. The van der Waals surface area contributed by atoms with Gasteiger partial charge in [-0.2, -0.15) is 13.2 Å². The minimum Gasteiger partial charge on any atom is -0.310 e. The van der Waals surface area contributed by atoms with Crippen molar-refractivity contribution in [3.8, 4) is 0 Å². The van der Waals surface area contributed by atoms with Crippen LogP contribution in [0.2, 0.25) is 5.02 Å². The average molecular weight is 290 g/mol. The molecule has 0 radical (unpaired) electrons. The number of rotatable bonds is 2. The van der Waals surface area contributed by atoms with E-state index in [9.17, 15) is 18.0 Å². The second-order valence-corrected chi connectivity index (χ2v) is 4.72. The van der Waals surface area contributed by atoms with Crippen LogP contribution < -0.4 is 4.90 Å². The topological polar surface area (TPSA) is 20.3 Å². The number of hydrogen-bond donors (Lipinski definition) is 0. The molecule has 1 unspecified atom stereocenters. The van der Waals surface area contributed by atoms with Crippen LogP contribution in [0.1, 0.15) is 12.0 Å². The number of hydrogen-bond acceptors (Lipinski definition) is 1. The Morgan fingerprint density at radius 1 is 1.42 bits per heavy atom. The van der Waals surface area contributed by atoms with E-state index in [0.717, 1.165) is 6.07 Å². The van der Waals surface area contributed by atoms with Gasteiger partial charge in [-0.3, -0.25) is 4.79 Å². The minimum atomic E-state index is -4.53. The number of carbonyl (C=O) groups excluding carboxylic acids is 1. The van der Waals surface area contributed by atoms with E-state index in [1.807, 2.05) is 0 Å². The third kappa shape index (κ3) is 2.61. The summed E-state index contributed by atoms with van der Waals surface area (Å²) in [4.78, 5) is 13.1. The average Bonchev–Trinajstić information content (AvgIpc) is 2.69. The fourth-order valence-corrected chi connectivity index (χ4v) is 2.41. The standard InChI is InChI=1S/C13H11ClF3NO/c1-2-8-6-11(19)18(7-8)10-5-3-4-9(12(10)14)13(15,16)17/h2-5,8H,1,6-7H2. The molecule has 1 aromatic rings. The van der Waals surface area contributed by atoms with Crippen molar-refractivity contribution in [1.29, 1.82) is 0 Å². The summed E-state index contributed by atoms with van der Waals surface area (Å²) in [5.41, 5.74) is -0.827. The lowest BCUT2D eigenvalue weighted by atomic mass is 10.1. The molecule has 1 aliphatic rings.